The van der Waals surface area contributed by atoms with Gasteiger partial charge >= 0.3 is 5.97 Å². The molecule has 3 aromatic carbocycles. The number of rotatable bonds is 10. The number of carbonyl (C=O) groups is 1. The number of halogens is 2. The summed E-state index contributed by atoms with van der Waals surface area (Å²) in [4.78, 5) is 32.8. The zero-order valence-corrected chi connectivity index (χ0v) is 27.1. The lowest BCUT2D eigenvalue weighted by Gasteiger charge is -2.27. The third-order valence-electron chi connectivity index (χ3n) is 6.87. The second-order valence-electron chi connectivity index (χ2n) is 9.76. The van der Waals surface area contributed by atoms with Gasteiger partial charge in [0, 0.05) is 10.6 Å². The molecule has 4 aromatic rings. The highest BCUT2D eigenvalue weighted by molar-refractivity contribution is 9.10. The maximum absolute atomic E-state index is 14.1. The molecule has 1 aliphatic rings. The van der Waals surface area contributed by atoms with Crippen molar-refractivity contribution in [1.82, 2.24) is 4.57 Å². The molecule has 1 atom stereocenters. The van der Waals surface area contributed by atoms with Gasteiger partial charge in [0.25, 0.3) is 5.56 Å². The third-order valence-corrected chi connectivity index (χ3v) is 8.71. The minimum atomic E-state index is -0.826. The Balaban J connectivity index is 1.62. The zero-order chi connectivity index (χ0) is 30.5. The monoisotopic (exact) mass is 680 g/mol. The van der Waals surface area contributed by atoms with Gasteiger partial charge in [-0.15, -0.1) is 0 Å². The van der Waals surface area contributed by atoms with Gasteiger partial charge in [-0.2, -0.15) is 0 Å². The smallest absolute Gasteiger partial charge is 0.338 e. The highest BCUT2D eigenvalue weighted by atomic mass is 79.9. The number of carbonyl (C=O) groups excluding carboxylic acids is 1. The van der Waals surface area contributed by atoms with Crippen LogP contribution in [0.25, 0.3) is 6.08 Å². The fourth-order valence-electron chi connectivity index (χ4n) is 4.94. The van der Waals surface area contributed by atoms with Crippen molar-refractivity contribution < 1.29 is 19.0 Å². The second-order valence-corrected chi connectivity index (χ2v) is 12.1. The first-order chi connectivity index (χ1) is 20.8. The Hall–Kier alpha value is -3.66. The van der Waals surface area contributed by atoms with Gasteiger partial charge in [-0.1, -0.05) is 72.7 Å². The van der Waals surface area contributed by atoms with Crippen LogP contribution in [0, 0.1) is 0 Å². The fourth-order valence-corrected chi connectivity index (χ4v) is 6.66. The second kappa shape index (κ2) is 13.8. The van der Waals surface area contributed by atoms with E-state index in [1.807, 2.05) is 61.5 Å². The van der Waals surface area contributed by atoms with E-state index >= 15 is 0 Å². The molecule has 222 valence electrons. The average Bonchev–Trinajstić information content (AvgIpc) is 3.30. The Morgan fingerprint density at radius 3 is 2.56 bits per heavy atom. The SMILES string of the molecule is CCCC1=C(C(=O)OCC)[C@@H](c2cc(Cl)ccc2OC)n2c(s/c(=C/c3ccc(OCc4ccccc4)c(Br)c3)c2=O)=N1. The Bertz CT molecular complexity index is 1870. The minimum absolute atomic E-state index is 0.186. The molecule has 0 amide bonds. The van der Waals surface area contributed by atoms with Gasteiger partial charge in [-0.05, 0) is 76.8 Å². The van der Waals surface area contributed by atoms with Gasteiger partial charge in [0.2, 0.25) is 0 Å². The van der Waals surface area contributed by atoms with Gasteiger partial charge in [0.05, 0.1) is 34.0 Å². The number of aromatic nitrogens is 1. The maximum atomic E-state index is 14.1. The Morgan fingerprint density at radius 1 is 1.09 bits per heavy atom. The van der Waals surface area contributed by atoms with Crippen LogP contribution in [0.2, 0.25) is 5.02 Å². The molecule has 10 heteroatoms. The van der Waals surface area contributed by atoms with Crippen LogP contribution in [-0.4, -0.2) is 24.3 Å². The lowest BCUT2D eigenvalue weighted by atomic mass is 9.93. The Labute approximate surface area is 266 Å². The molecule has 0 unspecified atom stereocenters. The molecular weight excluding hydrogens is 652 g/mol. The first kappa shape index (κ1) is 30.8. The average molecular weight is 682 g/mol. The summed E-state index contributed by atoms with van der Waals surface area (Å²) in [6.45, 7) is 4.39. The predicted octanol–water partition coefficient (Wildman–Crippen LogP) is 6.58. The number of nitrogens with zero attached hydrogens (tertiary/aromatic N) is 2. The number of esters is 1. The molecule has 2 heterocycles. The van der Waals surface area contributed by atoms with Crippen LogP contribution in [0.3, 0.4) is 0 Å². The minimum Gasteiger partial charge on any atom is -0.496 e. The molecule has 0 spiro atoms. The largest absolute Gasteiger partial charge is 0.496 e. The highest BCUT2D eigenvalue weighted by Crippen LogP contribution is 2.38. The summed E-state index contributed by atoms with van der Waals surface area (Å²) in [5, 5.41) is 0.453. The van der Waals surface area contributed by atoms with E-state index in [1.54, 1.807) is 36.8 Å². The molecule has 43 heavy (non-hydrogen) atoms. The van der Waals surface area contributed by atoms with Crippen LogP contribution in [0.1, 0.15) is 49.4 Å². The standard InChI is InChI=1S/C33H30BrClN2O5S/c1-4-9-25-29(32(39)41-5-2)30(23-18-22(35)13-15-26(23)40-3)37-31(38)28(43-33(37)36-25)17-21-12-14-27(24(34)16-21)42-19-20-10-7-6-8-11-20/h6-8,10-18,30H,4-5,9,19H2,1-3H3/b28-17+/t30-/m1/s1. The molecule has 0 aliphatic carbocycles. The van der Waals surface area contributed by atoms with Crippen molar-refractivity contribution in [2.24, 2.45) is 4.99 Å². The molecule has 1 aromatic heterocycles. The molecule has 0 saturated carbocycles. The van der Waals surface area contributed by atoms with E-state index in [0.29, 0.717) is 55.7 Å². The number of thiazole rings is 1. The van der Waals surface area contributed by atoms with Gasteiger partial charge in [0.1, 0.15) is 24.1 Å². The van der Waals surface area contributed by atoms with E-state index in [9.17, 15) is 9.59 Å². The summed E-state index contributed by atoms with van der Waals surface area (Å²) in [5.41, 5.74) is 3.06. The van der Waals surface area contributed by atoms with Gasteiger partial charge in [0.15, 0.2) is 4.80 Å². The molecule has 0 radical (unpaired) electrons. The summed E-state index contributed by atoms with van der Waals surface area (Å²) < 4.78 is 19.9. The van der Waals surface area contributed by atoms with Crippen LogP contribution in [0.15, 0.2) is 92.3 Å². The first-order valence-corrected chi connectivity index (χ1v) is 15.8. The van der Waals surface area contributed by atoms with Crippen molar-refractivity contribution >= 4 is 50.9 Å². The number of fused-ring (bicyclic) bond motifs is 1. The number of hydrogen-bond acceptors (Lipinski definition) is 7. The van der Waals surface area contributed by atoms with E-state index in [2.05, 4.69) is 15.9 Å². The van der Waals surface area contributed by atoms with Crippen LogP contribution in [0.5, 0.6) is 11.5 Å². The number of allylic oxidation sites excluding steroid dienone is 1. The van der Waals surface area contributed by atoms with Crippen LogP contribution >= 0.6 is 38.9 Å². The van der Waals surface area contributed by atoms with Crippen LogP contribution in [-0.2, 0) is 16.1 Å². The van der Waals surface area contributed by atoms with Gasteiger partial charge < -0.3 is 14.2 Å². The molecule has 0 N–H and O–H groups in total. The Morgan fingerprint density at radius 2 is 1.86 bits per heavy atom. The topological polar surface area (TPSA) is 79.1 Å². The van der Waals surface area contributed by atoms with Crippen molar-refractivity contribution in [3.8, 4) is 11.5 Å². The van der Waals surface area contributed by atoms with Gasteiger partial charge in [-0.25, -0.2) is 9.79 Å². The molecular formula is C33H30BrClN2O5S. The van der Waals surface area contributed by atoms with E-state index in [1.165, 1.54) is 11.3 Å². The summed E-state index contributed by atoms with van der Waals surface area (Å²) in [7, 11) is 1.54. The van der Waals surface area contributed by atoms with Crippen molar-refractivity contribution in [3.63, 3.8) is 0 Å². The third kappa shape index (κ3) is 6.64. The van der Waals surface area contributed by atoms with E-state index in [4.69, 9.17) is 30.8 Å². The molecule has 5 rings (SSSR count). The van der Waals surface area contributed by atoms with E-state index in [0.717, 1.165) is 22.0 Å². The highest BCUT2D eigenvalue weighted by Gasteiger charge is 2.36. The van der Waals surface area contributed by atoms with Crippen molar-refractivity contribution in [2.75, 3.05) is 13.7 Å². The lowest BCUT2D eigenvalue weighted by molar-refractivity contribution is -0.139. The molecule has 0 saturated heterocycles. The van der Waals surface area contributed by atoms with Crippen molar-refractivity contribution in [3.05, 3.63) is 124 Å². The quantitative estimate of drug-likeness (QED) is 0.177. The fraction of sp³-hybridized carbons (Fsp3) is 0.242. The summed E-state index contributed by atoms with van der Waals surface area (Å²) in [5.74, 6) is 0.670. The van der Waals surface area contributed by atoms with Crippen molar-refractivity contribution in [1.29, 1.82) is 0 Å². The Kier molecular flexibility index (Phi) is 9.85. The van der Waals surface area contributed by atoms with E-state index < -0.39 is 12.0 Å². The lowest BCUT2D eigenvalue weighted by Crippen LogP contribution is -2.40. The predicted molar refractivity (Wildman–Crippen MR) is 173 cm³/mol. The number of benzene rings is 3. The number of hydrogen-bond donors (Lipinski definition) is 0. The molecule has 0 bridgehead atoms. The summed E-state index contributed by atoms with van der Waals surface area (Å²) in [6, 6.07) is 19.9. The summed E-state index contributed by atoms with van der Waals surface area (Å²) in [6.07, 6.45) is 3.11. The summed E-state index contributed by atoms with van der Waals surface area (Å²) >= 11 is 11.3. The molecule has 1 aliphatic heterocycles. The van der Waals surface area contributed by atoms with Crippen molar-refractivity contribution in [2.45, 2.75) is 39.3 Å². The van der Waals surface area contributed by atoms with Gasteiger partial charge in [-0.3, -0.25) is 9.36 Å². The van der Waals surface area contributed by atoms with E-state index in [-0.39, 0.29) is 12.2 Å². The maximum Gasteiger partial charge on any atom is 0.338 e. The molecule has 7 nitrogen and oxygen atoms in total. The molecule has 0 fully saturated rings. The number of ether oxygens (including phenoxy) is 3. The normalized spacial score (nSPS) is 14.7. The number of methoxy groups -OCH3 is 1. The first-order valence-electron chi connectivity index (χ1n) is 13.9. The van der Waals surface area contributed by atoms with Crippen LogP contribution < -0.4 is 24.4 Å². The zero-order valence-electron chi connectivity index (χ0n) is 23.9. The van der Waals surface area contributed by atoms with Crippen LogP contribution in [0.4, 0.5) is 0 Å².